The van der Waals surface area contributed by atoms with Crippen molar-refractivity contribution in [1.29, 1.82) is 0 Å². The Morgan fingerprint density at radius 2 is 2.05 bits per heavy atom. The maximum Gasteiger partial charge on any atom is 0.145 e. The Bertz CT molecular complexity index is 606. The Balaban J connectivity index is 2.28. The molecule has 0 bridgehead atoms. The van der Waals surface area contributed by atoms with Crippen LogP contribution < -0.4 is 5.73 Å². The van der Waals surface area contributed by atoms with Crippen LogP contribution in [0.4, 0.5) is 4.39 Å². The molecule has 0 spiro atoms. The normalized spacial score (nSPS) is 12.5. The van der Waals surface area contributed by atoms with Gasteiger partial charge in [0.15, 0.2) is 0 Å². The van der Waals surface area contributed by atoms with Crippen molar-refractivity contribution in [3.8, 4) is 0 Å². The van der Waals surface area contributed by atoms with Gasteiger partial charge in [0.05, 0.1) is 5.02 Å². The van der Waals surface area contributed by atoms with Crippen molar-refractivity contribution in [2.24, 2.45) is 5.73 Å². The van der Waals surface area contributed by atoms with Crippen LogP contribution in [0.25, 0.3) is 0 Å². The van der Waals surface area contributed by atoms with Crippen LogP contribution in [0.1, 0.15) is 17.2 Å². The van der Waals surface area contributed by atoms with Crippen LogP contribution in [0, 0.1) is 9.39 Å². The van der Waals surface area contributed by atoms with Crippen molar-refractivity contribution in [1.82, 2.24) is 0 Å². The van der Waals surface area contributed by atoms with E-state index in [1.807, 2.05) is 18.2 Å². The SMILES string of the molecule is NC(Cc1cccc(Cl)c1F)c1cc(I)ccc1Br. The van der Waals surface area contributed by atoms with Crippen LogP contribution in [0.15, 0.2) is 40.9 Å². The third-order valence-corrected chi connectivity index (χ3v) is 4.51. The van der Waals surface area contributed by atoms with Crippen LogP contribution in [0.2, 0.25) is 5.02 Å². The monoisotopic (exact) mass is 453 g/mol. The van der Waals surface area contributed by atoms with Gasteiger partial charge in [0.1, 0.15) is 5.82 Å². The summed E-state index contributed by atoms with van der Waals surface area (Å²) < 4.78 is 15.9. The minimum atomic E-state index is -0.388. The summed E-state index contributed by atoms with van der Waals surface area (Å²) in [6, 6.07) is 10.6. The first-order valence-corrected chi connectivity index (χ1v) is 7.87. The Morgan fingerprint density at radius 3 is 2.79 bits per heavy atom. The van der Waals surface area contributed by atoms with E-state index in [0.29, 0.717) is 12.0 Å². The van der Waals surface area contributed by atoms with Gasteiger partial charge in [-0.15, -0.1) is 0 Å². The molecule has 2 aromatic carbocycles. The molecule has 0 amide bonds. The maximum atomic E-state index is 13.9. The quantitative estimate of drug-likeness (QED) is 0.643. The van der Waals surface area contributed by atoms with Gasteiger partial charge in [0.25, 0.3) is 0 Å². The first-order valence-electron chi connectivity index (χ1n) is 5.62. The number of hydrogen-bond donors (Lipinski definition) is 1. The molecule has 0 saturated heterocycles. The third kappa shape index (κ3) is 3.68. The Kier molecular flexibility index (Phi) is 5.22. The molecule has 2 aromatic rings. The summed E-state index contributed by atoms with van der Waals surface area (Å²) in [7, 11) is 0. The zero-order valence-electron chi connectivity index (χ0n) is 9.84. The molecule has 1 nitrogen and oxygen atoms in total. The minimum absolute atomic E-state index is 0.131. The van der Waals surface area contributed by atoms with E-state index in [2.05, 4.69) is 38.5 Å². The van der Waals surface area contributed by atoms with Crippen LogP contribution in [-0.4, -0.2) is 0 Å². The predicted molar refractivity (Wildman–Crippen MR) is 88.9 cm³/mol. The molecule has 0 aliphatic carbocycles. The first kappa shape index (κ1) is 15.2. The number of rotatable bonds is 3. The smallest absolute Gasteiger partial charge is 0.145 e. The van der Waals surface area contributed by atoms with Gasteiger partial charge >= 0.3 is 0 Å². The van der Waals surface area contributed by atoms with E-state index in [9.17, 15) is 4.39 Å². The second-order valence-electron chi connectivity index (χ2n) is 4.19. The summed E-state index contributed by atoms with van der Waals surface area (Å²) >= 11 is 11.5. The largest absolute Gasteiger partial charge is 0.324 e. The fraction of sp³-hybridized carbons (Fsp3) is 0.143. The van der Waals surface area contributed by atoms with E-state index in [1.165, 1.54) is 6.07 Å². The molecule has 0 aliphatic rings. The highest BCUT2D eigenvalue weighted by Crippen LogP contribution is 2.28. The van der Waals surface area contributed by atoms with Gasteiger partial charge in [0.2, 0.25) is 0 Å². The van der Waals surface area contributed by atoms with Gasteiger partial charge < -0.3 is 5.73 Å². The molecular formula is C14H11BrClFIN. The van der Waals surface area contributed by atoms with E-state index >= 15 is 0 Å². The lowest BCUT2D eigenvalue weighted by Crippen LogP contribution is -2.15. The molecule has 2 N–H and O–H groups in total. The second-order valence-corrected chi connectivity index (χ2v) is 6.70. The van der Waals surface area contributed by atoms with Gasteiger partial charge in [-0.3, -0.25) is 0 Å². The molecule has 0 aromatic heterocycles. The van der Waals surface area contributed by atoms with Crippen LogP contribution in [0.3, 0.4) is 0 Å². The lowest BCUT2D eigenvalue weighted by atomic mass is 9.99. The Hall–Kier alpha value is -0.170. The van der Waals surface area contributed by atoms with Gasteiger partial charge in [-0.05, 0) is 64.4 Å². The molecule has 5 heteroatoms. The number of nitrogens with two attached hydrogens (primary N) is 1. The molecule has 19 heavy (non-hydrogen) atoms. The lowest BCUT2D eigenvalue weighted by molar-refractivity contribution is 0.593. The fourth-order valence-corrected chi connectivity index (χ4v) is 3.10. The molecule has 0 saturated carbocycles. The lowest BCUT2D eigenvalue weighted by Gasteiger charge is -2.15. The molecular weight excluding hydrogens is 443 g/mol. The minimum Gasteiger partial charge on any atom is -0.324 e. The molecule has 0 heterocycles. The van der Waals surface area contributed by atoms with Crippen LogP contribution in [0.5, 0.6) is 0 Å². The summed E-state index contributed by atoms with van der Waals surface area (Å²) in [5.74, 6) is -0.388. The van der Waals surface area contributed by atoms with E-state index in [4.69, 9.17) is 17.3 Å². The second kappa shape index (κ2) is 6.52. The maximum absolute atomic E-state index is 13.9. The van der Waals surface area contributed by atoms with E-state index in [0.717, 1.165) is 13.6 Å². The van der Waals surface area contributed by atoms with Crippen molar-refractivity contribution in [3.05, 3.63) is 66.4 Å². The van der Waals surface area contributed by atoms with Crippen molar-refractivity contribution in [2.75, 3.05) is 0 Å². The van der Waals surface area contributed by atoms with Crippen molar-refractivity contribution < 1.29 is 4.39 Å². The number of halogens is 4. The van der Waals surface area contributed by atoms with Gasteiger partial charge in [-0.2, -0.15) is 0 Å². The summed E-state index contributed by atoms with van der Waals surface area (Å²) in [6.07, 6.45) is 0.408. The Labute approximate surface area is 138 Å². The van der Waals surface area contributed by atoms with E-state index in [1.54, 1.807) is 12.1 Å². The first-order chi connectivity index (χ1) is 8.99. The third-order valence-electron chi connectivity index (χ3n) is 2.83. The summed E-state index contributed by atoms with van der Waals surface area (Å²) in [5.41, 5.74) is 7.67. The highest BCUT2D eigenvalue weighted by atomic mass is 127. The molecule has 100 valence electrons. The zero-order valence-corrected chi connectivity index (χ0v) is 14.3. The number of hydrogen-bond acceptors (Lipinski definition) is 1. The average Bonchev–Trinajstić information content (AvgIpc) is 2.38. The van der Waals surface area contributed by atoms with Gasteiger partial charge in [-0.1, -0.05) is 39.7 Å². The average molecular weight is 455 g/mol. The fourth-order valence-electron chi connectivity index (χ4n) is 1.85. The molecule has 0 aliphatic heterocycles. The van der Waals surface area contributed by atoms with E-state index in [-0.39, 0.29) is 16.9 Å². The van der Waals surface area contributed by atoms with Gasteiger partial charge in [0, 0.05) is 14.1 Å². The van der Waals surface area contributed by atoms with Crippen LogP contribution in [-0.2, 0) is 6.42 Å². The van der Waals surface area contributed by atoms with E-state index < -0.39 is 0 Å². The number of benzene rings is 2. The highest BCUT2D eigenvalue weighted by Gasteiger charge is 2.14. The van der Waals surface area contributed by atoms with Crippen LogP contribution >= 0.6 is 50.1 Å². The molecule has 1 unspecified atom stereocenters. The highest BCUT2D eigenvalue weighted by molar-refractivity contribution is 14.1. The summed E-state index contributed by atoms with van der Waals surface area (Å²) in [6.45, 7) is 0. The summed E-state index contributed by atoms with van der Waals surface area (Å²) in [4.78, 5) is 0. The van der Waals surface area contributed by atoms with Gasteiger partial charge in [-0.25, -0.2) is 4.39 Å². The predicted octanol–water partition coefficient (Wildman–Crippen LogP) is 5.09. The standard InChI is InChI=1S/C14H11BrClFIN/c15-11-5-4-9(18)7-10(11)13(19)6-8-2-1-3-12(16)14(8)17/h1-5,7,13H,6,19H2. The molecule has 0 radical (unpaired) electrons. The molecule has 2 rings (SSSR count). The van der Waals surface area contributed by atoms with Crippen molar-refractivity contribution >= 4 is 50.1 Å². The zero-order chi connectivity index (χ0) is 14.0. The molecule has 1 atom stereocenters. The molecule has 0 fully saturated rings. The van der Waals surface area contributed by atoms with Crippen molar-refractivity contribution in [3.63, 3.8) is 0 Å². The Morgan fingerprint density at radius 1 is 1.32 bits per heavy atom. The topological polar surface area (TPSA) is 26.0 Å². The van der Waals surface area contributed by atoms with Crippen molar-refractivity contribution in [2.45, 2.75) is 12.5 Å². The summed E-state index contributed by atoms with van der Waals surface area (Å²) in [5, 5.41) is 0.131.